The second kappa shape index (κ2) is 4.72. The van der Waals surface area contributed by atoms with Gasteiger partial charge in [0.05, 0.1) is 5.69 Å². The first-order chi connectivity index (χ1) is 6.63. The highest BCUT2D eigenvalue weighted by Crippen LogP contribution is 2.02. The van der Waals surface area contributed by atoms with Crippen LogP contribution < -0.4 is 0 Å². The Morgan fingerprint density at radius 2 is 2.29 bits per heavy atom. The summed E-state index contributed by atoms with van der Waals surface area (Å²) < 4.78 is 0. The van der Waals surface area contributed by atoms with Crippen LogP contribution in [0.25, 0.3) is 0 Å². The van der Waals surface area contributed by atoms with Crippen molar-refractivity contribution >= 4 is 5.97 Å². The number of nitrogens with zero attached hydrogens (tertiary/aromatic N) is 2. The number of aromatic nitrogens is 1. The van der Waals surface area contributed by atoms with Gasteiger partial charge < -0.3 is 10.0 Å². The molecule has 4 nitrogen and oxygen atoms in total. The number of rotatable bonds is 4. The van der Waals surface area contributed by atoms with Crippen molar-refractivity contribution in [2.24, 2.45) is 0 Å². The molecule has 0 unspecified atom stereocenters. The van der Waals surface area contributed by atoms with Gasteiger partial charge in [-0.25, -0.2) is 9.78 Å². The Hall–Kier alpha value is -1.42. The van der Waals surface area contributed by atoms with Gasteiger partial charge in [0.2, 0.25) is 0 Å². The highest BCUT2D eigenvalue weighted by molar-refractivity contribution is 5.85. The molecule has 14 heavy (non-hydrogen) atoms. The lowest BCUT2D eigenvalue weighted by Crippen LogP contribution is -2.18. The zero-order valence-electron chi connectivity index (χ0n) is 8.40. The van der Waals surface area contributed by atoms with Crippen LogP contribution in [-0.2, 0) is 6.54 Å². The second-order valence-corrected chi connectivity index (χ2v) is 3.15. The first kappa shape index (κ1) is 10.7. The third kappa shape index (κ3) is 2.81. The van der Waals surface area contributed by atoms with Crippen LogP contribution in [0.3, 0.4) is 0 Å². The van der Waals surface area contributed by atoms with E-state index in [1.165, 1.54) is 6.07 Å². The van der Waals surface area contributed by atoms with E-state index in [1.54, 1.807) is 6.07 Å². The fraction of sp³-hybridized carbons (Fsp3) is 0.400. The van der Waals surface area contributed by atoms with Gasteiger partial charge >= 0.3 is 5.97 Å². The van der Waals surface area contributed by atoms with E-state index in [1.807, 2.05) is 20.0 Å². The first-order valence-electron chi connectivity index (χ1n) is 4.51. The summed E-state index contributed by atoms with van der Waals surface area (Å²) in [5, 5.41) is 8.72. The predicted molar refractivity (Wildman–Crippen MR) is 53.2 cm³/mol. The minimum atomic E-state index is -0.981. The van der Waals surface area contributed by atoms with E-state index in [4.69, 9.17) is 5.11 Å². The SMILES string of the molecule is CCN(C)Cc1cccc(C(=O)O)n1. The molecule has 0 saturated carbocycles. The van der Waals surface area contributed by atoms with E-state index in [0.29, 0.717) is 6.54 Å². The van der Waals surface area contributed by atoms with Crippen molar-refractivity contribution in [1.82, 2.24) is 9.88 Å². The predicted octanol–water partition coefficient (Wildman–Crippen LogP) is 1.23. The van der Waals surface area contributed by atoms with Crippen LogP contribution in [0.4, 0.5) is 0 Å². The van der Waals surface area contributed by atoms with Crippen LogP contribution in [-0.4, -0.2) is 34.6 Å². The van der Waals surface area contributed by atoms with Crippen LogP contribution in [0.15, 0.2) is 18.2 Å². The molecule has 0 fully saturated rings. The molecule has 0 aliphatic heterocycles. The molecule has 1 heterocycles. The summed E-state index contributed by atoms with van der Waals surface area (Å²) in [4.78, 5) is 16.7. The Morgan fingerprint density at radius 3 is 2.86 bits per heavy atom. The molecular formula is C10H14N2O2. The van der Waals surface area contributed by atoms with Crippen molar-refractivity contribution in [2.45, 2.75) is 13.5 Å². The van der Waals surface area contributed by atoms with Crippen LogP contribution in [0.1, 0.15) is 23.1 Å². The summed E-state index contributed by atoms with van der Waals surface area (Å²) >= 11 is 0. The topological polar surface area (TPSA) is 53.4 Å². The fourth-order valence-corrected chi connectivity index (χ4v) is 1.08. The number of hydrogen-bond acceptors (Lipinski definition) is 3. The Morgan fingerprint density at radius 1 is 1.57 bits per heavy atom. The van der Waals surface area contributed by atoms with E-state index in [-0.39, 0.29) is 5.69 Å². The highest BCUT2D eigenvalue weighted by Gasteiger charge is 2.05. The molecule has 0 aliphatic carbocycles. The van der Waals surface area contributed by atoms with E-state index in [2.05, 4.69) is 9.88 Å². The summed E-state index contributed by atoms with van der Waals surface area (Å²) in [7, 11) is 1.97. The number of hydrogen-bond donors (Lipinski definition) is 1. The quantitative estimate of drug-likeness (QED) is 0.783. The van der Waals surface area contributed by atoms with Gasteiger partial charge in [-0.15, -0.1) is 0 Å². The molecule has 0 aromatic carbocycles. The van der Waals surface area contributed by atoms with Gasteiger partial charge in [0.1, 0.15) is 5.69 Å². The van der Waals surface area contributed by atoms with Crippen molar-refractivity contribution in [3.63, 3.8) is 0 Å². The Kier molecular flexibility index (Phi) is 3.59. The third-order valence-electron chi connectivity index (χ3n) is 2.00. The van der Waals surface area contributed by atoms with E-state index in [9.17, 15) is 4.79 Å². The number of aromatic carboxylic acids is 1. The van der Waals surface area contributed by atoms with E-state index in [0.717, 1.165) is 12.2 Å². The van der Waals surface area contributed by atoms with Crippen LogP contribution >= 0.6 is 0 Å². The summed E-state index contributed by atoms with van der Waals surface area (Å²) in [5.74, 6) is -0.981. The molecule has 1 N–H and O–H groups in total. The van der Waals surface area contributed by atoms with Crippen LogP contribution in [0.2, 0.25) is 0 Å². The molecule has 4 heteroatoms. The number of carbonyl (C=O) groups is 1. The Labute approximate surface area is 83.2 Å². The highest BCUT2D eigenvalue weighted by atomic mass is 16.4. The van der Waals surface area contributed by atoms with Gasteiger partial charge in [0.25, 0.3) is 0 Å². The first-order valence-corrected chi connectivity index (χ1v) is 4.51. The van der Waals surface area contributed by atoms with Gasteiger partial charge in [0.15, 0.2) is 0 Å². The normalized spacial score (nSPS) is 10.5. The molecule has 0 amide bonds. The molecule has 0 bridgehead atoms. The zero-order chi connectivity index (χ0) is 10.6. The third-order valence-corrected chi connectivity index (χ3v) is 2.00. The van der Waals surface area contributed by atoms with Crippen molar-refractivity contribution in [3.05, 3.63) is 29.6 Å². The lowest BCUT2D eigenvalue weighted by atomic mass is 10.3. The molecule has 0 atom stereocenters. The van der Waals surface area contributed by atoms with Gasteiger partial charge in [-0.1, -0.05) is 13.0 Å². The maximum Gasteiger partial charge on any atom is 0.354 e. The van der Waals surface area contributed by atoms with Crippen LogP contribution in [0.5, 0.6) is 0 Å². The summed E-state index contributed by atoms with van der Waals surface area (Å²) in [6, 6.07) is 5.05. The summed E-state index contributed by atoms with van der Waals surface area (Å²) in [5.41, 5.74) is 0.890. The maximum absolute atomic E-state index is 10.6. The maximum atomic E-state index is 10.6. The second-order valence-electron chi connectivity index (χ2n) is 3.15. The van der Waals surface area contributed by atoms with Gasteiger partial charge in [0, 0.05) is 6.54 Å². The van der Waals surface area contributed by atoms with Crippen molar-refractivity contribution < 1.29 is 9.90 Å². The average molecular weight is 194 g/mol. The summed E-state index contributed by atoms with van der Waals surface area (Å²) in [6.07, 6.45) is 0. The number of carboxylic acid groups (broad SMARTS) is 1. The Bertz CT molecular complexity index is 326. The van der Waals surface area contributed by atoms with Crippen molar-refractivity contribution in [3.8, 4) is 0 Å². The van der Waals surface area contributed by atoms with Crippen molar-refractivity contribution in [1.29, 1.82) is 0 Å². The Balaban J connectivity index is 2.78. The smallest absolute Gasteiger partial charge is 0.354 e. The number of pyridine rings is 1. The molecule has 1 aromatic heterocycles. The van der Waals surface area contributed by atoms with Gasteiger partial charge in [-0.05, 0) is 25.7 Å². The van der Waals surface area contributed by atoms with Crippen LogP contribution in [0, 0.1) is 0 Å². The molecule has 0 spiro atoms. The molecule has 0 radical (unpaired) electrons. The molecule has 1 aromatic rings. The minimum absolute atomic E-state index is 0.104. The molecule has 0 saturated heterocycles. The van der Waals surface area contributed by atoms with E-state index < -0.39 is 5.97 Å². The standard InChI is InChI=1S/C10H14N2O2/c1-3-12(2)7-8-5-4-6-9(11-8)10(13)14/h4-6H,3,7H2,1-2H3,(H,13,14). The molecule has 76 valence electrons. The number of carboxylic acids is 1. The average Bonchev–Trinajstić information content (AvgIpc) is 2.18. The van der Waals surface area contributed by atoms with Gasteiger partial charge in [-0.3, -0.25) is 0 Å². The minimum Gasteiger partial charge on any atom is -0.477 e. The lowest BCUT2D eigenvalue weighted by molar-refractivity contribution is 0.0690. The molecular weight excluding hydrogens is 180 g/mol. The summed E-state index contributed by atoms with van der Waals surface area (Å²) in [6.45, 7) is 3.64. The zero-order valence-corrected chi connectivity index (χ0v) is 8.40. The lowest BCUT2D eigenvalue weighted by Gasteiger charge is -2.12. The van der Waals surface area contributed by atoms with Gasteiger partial charge in [-0.2, -0.15) is 0 Å². The van der Waals surface area contributed by atoms with Crippen molar-refractivity contribution in [2.75, 3.05) is 13.6 Å². The monoisotopic (exact) mass is 194 g/mol. The molecule has 0 aliphatic rings. The molecule has 1 rings (SSSR count). The van der Waals surface area contributed by atoms with E-state index >= 15 is 0 Å². The largest absolute Gasteiger partial charge is 0.477 e. The fourth-order valence-electron chi connectivity index (χ4n) is 1.08.